The fraction of sp³-hybridized carbons (Fsp3) is 0.571. The van der Waals surface area contributed by atoms with E-state index in [9.17, 15) is 8.42 Å². The minimum absolute atomic E-state index is 0.0240. The molecule has 4 nitrogen and oxygen atoms in total. The Hall–Kier alpha value is -0.560. The third-order valence-electron chi connectivity index (χ3n) is 3.18. The Bertz CT molecular complexity index is 530. The average molecular weight is 316 g/mol. The summed E-state index contributed by atoms with van der Waals surface area (Å²) in [7, 11) is -1.59. The maximum Gasteiger partial charge on any atom is 0.240 e. The van der Waals surface area contributed by atoms with Gasteiger partial charge in [-0.15, -0.1) is 0 Å². The zero-order chi connectivity index (χ0) is 15.2. The molecule has 0 heterocycles. The first-order valence-corrected chi connectivity index (χ1v) is 9.57. The topological polar surface area (TPSA) is 58.2 Å². The zero-order valence-electron chi connectivity index (χ0n) is 12.6. The lowest BCUT2D eigenvalue weighted by atomic mass is 10.1. The molecule has 1 rings (SSSR count). The van der Waals surface area contributed by atoms with Crippen molar-refractivity contribution in [1.29, 1.82) is 0 Å². The van der Waals surface area contributed by atoms with Crippen molar-refractivity contribution in [3.05, 3.63) is 29.3 Å². The molecule has 114 valence electrons. The largest absolute Gasteiger partial charge is 0.316 e. The molecular weight excluding hydrogens is 292 g/mol. The van der Waals surface area contributed by atoms with Gasteiger partial charge in [0.25, 0.3) is 0 Å². The normalized spacial score (nSPS) is 13.4. The second-order valence-electron chi connectivity index (χ2n) is 4.80. The van der Waals surface area contributed by atoms with Crippen molar-refractivity contribution in [1.82, 2.24) is 10.0 Å². The standard InChI is InChI=1S/C14H24N2O2S2/c1-5-13(10-19-4)16-20(17,18)14-7-6-11(2)12(8-14)9-15-3/h6-8,13,15-16H,5,9-10H2,1-4H3. The molecule has 20 heavy (non-hydrogen) atoms. The number of benzene rings is 1. The third-order valence-corrected chi connectivity index (χ3v) is 5.43. The van der Waals surface area contributed by atoms with Crippen molar-refractivity contribution < 1.29 is 8.42 Å². The van der Waals surface area contributed by atoms with Crippen LogP contribution < -0.4 is 10.0 Å². The molecule has 0 fully saturated rings. The highest BCUT2D eigenvalue weighted by Crippen LogP contribution is 2.16. The summed E-state index contributed by atoms with van der Waals surface area (Å²) in [6.45, 7) is 4.64. The van der Waals surface area contributed by atoms with Gasteiger partial charge in [-0.1, -0.05) is 13.0 Å². The predicted molar refractivity (Wildman–Crippen MR) is 86.7 cm³/mol. The SMILES string of the molecule is CCC(CSC)NS(=O)(=O)c1ccc(C)c(CNC)c1. The monoisotopic (exact) mass is 316 g/mol. The molecule has 0 amide bonds. The number of thioether (sulfide) groups is 1. The van der Waals surface area contributed by atoms with E-state index in [4.69, 9.17) is 0 Å². The van der Waals surface area contributed by atoms with E-state index in [1.54, 1.807) is 23.9 Å². The molecule has 1 aromatic rings. The van der Waals surface area contributed by atoms with Gasteiger partial charge < -0.3 is 5.32 Å². The van der Waals surface area contributed by atoms with Crippen LogP contribution in [0.4, 0.5) is 0 Å². The third kappa shape index (κ3) is 4.77. The molecule has 0 aliphatic heterocycles. The first-order chi connectivity index (χ1) is 9.44. The van der Waals surface area contributed by atoms with Crippen molar-refractivity contribution >= 4 is 21.8 Å². The Kier molecular flexibility index (Phi) is 7.02. The average Bonchev–Trinajstić information content (AvgIpc) is 2.40. The molecule has 2 N–H and O–H groups in total. The van der Waals surface area contributed by atoms with Crippen LogP contribution in [0.1, 0.15) is 24.5 Å². The fourth-order valence-corrected chi connectivity index (χ4v) is 4.12. The molecule has 1 aromatic carbocycles. The number of nitrogens with one attached hydrogen (secondary N) is 2. The summed E-state index contributed by atoms with van der Waals surface area (Å²) in [4.78, 5) is 0.341. The second kappa shape index (κ2) is 8.02. The Morgan fingerprint density at radius 3 is 2.60 bits per heavy atom. The minimum atomic E-state index is -3.44. The van der Waals surface area contributed by atoms with Crippen LogP contribution in [0.3, 0.4) is 0 Å². The highest BCUT2D eigenvalue weighted by molar-refractivity contribution is 7.98. The highest BCUT2D eigenvalue weighted by atomic mass is 32.2. The minimum Gasteiger partial charge on any atom is -0.316 e. The highest BCUT2D eigenvalue weighted by Gasteiger charge is 2.19. The zero-order valence-corrected chi connectivity index (χ0v) is 14.2. The summed E-state index contributed by atoms with van der Waals surface area (Å²) in [5.41, 5.74) is 2.10. The van der Waals surface area contributed by atoms with Crippen LogP contribution in [0.25, 0.3) is 0 Å². The van der Waals surface area contributed by atoms with E-state index >= 15 is 0 Å². The van der Waals surface area contributed by atoms with Gasteiger partial charge in [0.2, 0.25) is 10.0 Å². The molecule has 0 bridgehead atoms. The van der Waals surface area contributed by atoms with Crippen molar-refractivity contribution in [2.45, 2.75) is 37.8 Å². The van der Waals surface area contributed by atoms with Crippen LogP contribution in [0.2, 0.25) is 0 Å². The number of hydrogen-bond acceptors (Lipinski definition) is 4. The molecule has 1 unspecified atom stereocenters. The van der Waals surface area contributed by atoms with Gasteiger partial charge >= 0.3 is 0 Å². The Balaban J connectivity index is 3.00. The van der Waals surface area contributed by atoms with Gasteiger partial charge in [0.15, 0.2) is 0 Å². The van der Waals surface area contributed by atoms with E-state index in [1.807, 2.05) is 33.2 Å². The lowest BCUT2D eigenvalue weighted by molar-refractivity contribution is 0.558. The summed E-state index contributed by atoms with van der Waals surface area (Å²) in [5.74, 6) is 0.783. The molecule has 6 heteroatoms. The van der Waals surface area contributed by atoms with Crippen molar-refractivity contribution in [3.8, 4) is 0 Å². The van der Waals surface area contributed by atoms with E-state index in [0.29, 0.717) is 11.4 Å². The fourth-order valence-electron chi connectivity index (χ4n) is 1.92. The van der Waals surface area contributed by atoms with E-state index in [1.165, 1.54) is 0 Å². The lowest BCUT2D eigenvalue weighted by Crippen LogP contribution is -2.36. The van der Waals surface area contributed by atoms with Crippen molar-refractivity contribution in [3.63, 3.8) is 0 Å². The van der Waals surface area contributed by atoms with Gasteiger partial charge in [-0.05, 0) is 49.9 Å². The van der Waals surface area contributed by atoms with Crippen LogP contribution in [-0.2, 0) is 16.6 Å². The van der Waals surface area contributed by atoms with E-state index < -0.39 is 10.0 Å². The van der Waals surface area contributed by atoms with Gasteiger partial charge in [-0.3, -0.25) is 0 Å². The van der Waals surface area contributed by atoms with Gasteiger partial charge in [0.1, 0.15) is 0 Å². The second-order valence-corrected chi connectivity index (χ2v) is 7.43. The molecule has 0 aliphatic carbocycles. The van der Waals surface area contributed by atoms with Gasteiger partial charge in [0.05, 0.1) is 4.90 Å². The van der Waals surface area contributed by atoms with Crippen molar-refractivity contribution in [2.24, 2.45) is 0 Å². The first-order valence-electron chi connectivity index (χ1n) is 6.70. The Morgan fingerprint density at radius 1 is 1.35 bits per heavy atom. The Labute approximate surface area is 126 Å². The summed E-state index contributed by atoms with van der Waals surface area (Å²) in [6.07, 6.45) is 2.77. The van der Waals surface area contributed by atoms with Crippen molar-refractivity contribution in [2.75, 3.05) is 19.1 Å². The maximum atomic E-state index is 12.4. The predicted octanol–water partition coefficient (Wildman–Crippen LogP) is 2.13. The summed E-state index contributed by atoms with van der Waals surface area (Å²) < 4.78 is 27.6. The quantitative estimate of drug-likeness (QED) is 0.771. The number of sulfonamides is 1. The molecule has 0 aliphatic rings. The van der Waals surface area contributed by atoms with Gasteiger partial charge in [-0.25, -0.2) is 13.1 Å². The summed E-state index contributed by atoms with van der Waals surface area (Å²) in [6, 6.07) is 5.25. The molecule has 1 atom stereocenters. The van der Waals surface area contributed by atoms with E-state index in [2.05, 4.69) is 10.0 Å². The van der Waals surface area contributed by atoms with Crippen LogP contribution in [0.15, 0.2) is 23.1 Å². The molecule has 0 spiro atoms. The maximum absolute atomic E-state index is 12.4. The molecule has 0 saturated carbocycles. The van der Waals surface area contributed by atoms with Gasteiger partial charge in [-0.2, -0.15) is 11.8 Å². The number of hydrogen-bond donors (Lipinski definition) is 2. The Morgan fingerprint density at radius 2 is 2.05 bits per heavy atom. The van der Waals surface area contributed by atoms with Gasteiger partial charge in [0, 0.05) is 18.3 Å². The van der Waals surface area contributed by atoms with Crippen LogP contribution >= 0.6 is 11.8 Å². The molecule has 0 radical (unpaired) electrons. The number of rotatable bonds is 8. The van der Waals surface area contributed by atoms with E-state index in [-0.39, 0.29) is 6.04 Å². The summed E-state index contributed by atoms with van der Waals surface area (Å²) in [5, 5.41) is 3.06. The lowest BCUT2D eigenvalue weighted by Gasteiger charge is -2.17. The molecular formula is C14H24N2O2S2. The summed E-state index contributed by atoms with van der Waals surface area (Å²) >= 11 is 1.65. The first kappa shape index (κ1) is 17.5. The smallest absolute Gasteiger partial charge is 0.240 e. The van der Waals surface area contributed by atoms with Crippen LogP contribution in [0, 0.1) is 6.92 Å². The molecule has 0 aromatic heterocycles. The van der Waals surface area contributed by atoms with Crippen LogP contribution in [0.5, 0.6) is 0 Å². The van der Waals surface area contributed by atoms with E-state index in [0.717, 1.165) is 23.3 Å². The number of aryl methyl sites for hydroxylation is 1. The molecule has 0 saturated heterocycles. The van der Waals surface area contributed by atoms with Crippen LogP contribution in [-0.4, -0.2) is 33.5 Å².